The molecule has 0 aliphatic heterocycles. The molecule has 0 bridgehead atoms. The predicted octanol–water partition coefficient (Wildman–Crippen LogP) is 11.5. The van der Waals surface area contributed by atoms with E-state index in [1.54, 1.807) is 11.3 Å². The van der Waals surface area contributed by atoms with Crippen molar-refractivity contribution < 1.29 is 4.42 Å². The molecule has 4 nitrogen and oxygen atoms in total. The first kappa shape index (κ1) is 24.4. The van der Waals surface area contributed by atoms with Gasteiger partial charge in [0.1, 0.15) is 11.2 Å². The van der Waals surface area contributed by atoms with Crippen LogP contribution in [0.15, 0.2) is 144 Å². The zero-order valence-corrected chi connectivity index (χ0v) is 25.3. The Bertz CT molecular complexity index is 3040. The lowest BCUT2D eigenvalue weighted by molar-refractivity contribution is 0.669. The minimum absolute atomic E-state index is 0.869. The summed E-state index contributed by atoms with van der Waals surface area (Å²) >= 11 is 1.72. The van der Waals surface area contributed by atoms with Gasteiger partial charge >= 0.3 is 0 Å². The Morgan fingerprint density at radius 1 is 0.478 bits per heavy atom. The second-order valence-corrected chi connectivity index (χ2v) is 13.0. The summed E-state index contributed by atoms with van der Waals surface area (Å²) in [6.07, 6.45) is 0. The van der Waals surface area contributed by atoms with Gasteiger partial charge in [-0.1, -0.05) is 96.3 Å². The van der Waals surface area contributed by atoms with Gasteiger partial charge < -0.3 is 8.98 Å². The summed E-state index contributed by atoms with van der Waals surface area (Å²) in [7, 11) is 0. The molecule has 7 aromatic carbocycles. The van der Waals surface area contributed by atoms with Crippen molar-refractivity contribution >= 4 is 97.9 Å². The molecule has 0 radical (unpaired) electrons. The van der Waals surface area contributed by atoms with E-state index in [1.165, 1.54) is 43.4 Å². The van der Waals surface area contributed by atoms with Crippen LogP contribution >= 0.6 is 11.3 Å². The van der Waals surface area contributed by atoms with Gasteiger partial charge in [-0.25, -0.2) is 4.98 Å². The summed E-state index contributed by atoms with van der Waals surface area (Å²) in [6, 6.07) is 50.0. The fourth-order valence-electron chi connectivity index (χ4n) is 7.52. The average molecular weight is 606 g/mol. The summed E-state index contributed by atoms with van der Waals surface area (Å²) in [5.74, 6) is 0. The monoisotopic (exact) mass is 605 g/mol. The summed E-state index contributed by atoms with van der Waals surface area (Å²) in [6.45, 7) is 0. The van der Waals surface area contributed by atoms with Crippen molar-refractivity contribution in [2.24, 2.45) is 0 Å². The SMILES string of the molecule is c1ccc2cc3c(cc2c1)c1ccccc1n3-c1ccc2c3ccccc3n(-c3nc4c(ccc5oc6ccccc6c54)s3)c2c1. The topological polar surface area (TPSA) is 35.9 Å². The lowest BCUT2D eigenvalue weighted by Crippen LogP contribution is -1.96. The van der Waals surface area contributed by atoms with Crippen molar-refractivity contribution in [2.75, 3.05) is 0 Å². The molecule has 0 atom stereocenters. The van der Waals surface area contributed by atoms with Gasteiger partial charge in [-0.15, -0.1) is 0 Å². The van der Waals surface area contributed by atoms with Crippen LogP contribution in [0, 0.1) is 0 Å². The molecule has 0 saturated carbocycles. The van der Waals surface area contributed by atoms with E-state index in [0.29, 0.717) is 0 Å². The Morgan fingerprint density at radius 2 is 1.13 bits per heavy atom. The number of hydrogen-bond acceptors (Lipinski definition) is 3. The molecule has 0 fully saturated rings. The van der Waals surface area contributed by atoms with Gasteiger partial charge in [-0.05, 0) is 65.4 Å². The van der Waals surface area contributed by atoms with E-state index < -0.39 is 0 Å². The van der Waals surface area contributed by atoms with Crippen molar-refractivity contribution in [1.82, 2.24) is 14.1 Å². The molecule has 4 heterocycles. The maximum atomic E-state index is 6.21. The van der Waals surface area contributed by atoms with E-state index in [9.17, 15) is 0 Å². The van der Waals surface area contributed by atoms with E-state index in [0.717, 1.165) is 54.0 Å². The summed E-state index contributed by atoms with van der Waals surface area (Å²) in [5, 5.41) is 10.6. The molecule has 0 saturated heterocycles. The van der Waals surface area contributed by atoms with E-state index in [2.05, 4.69) is 137 Å². The average Bonchev–Trinajstić information content (AvgIpc) is 3.85. The number of thiazole rings is 1. The fraction of sp³-hybridized carbons (Fsp3) is 0. The third-order valence-corrected chi connectivity index (χ3v) is 10.5. The number of benzene rings is 7. The summed E-state index contributed by atoms with van der Waals surface area (Å²) < 4.78 is 12.1. The molecule has 0 unspecified atom stereocenters. The molecule has 0 spiro atoms. The van der Waals surface area contributed by atoms with Crippen LogP contribution in [0.4, 0.5) is 0 Å². The van der Waals surface area contributed by atoms with Gasteiger partial charge in [-0.2, -0.15) is 0 Å². The fourth-order valence-corrected chi connectivity index (χ4v) is 8.52. The minimum Gasteiger partial charge on any atom is -0.456 e. The highest BCUT2D eigenvalue weighted by Gasteiger charge is 2.20. The lowest BCUT2D eigenvalue weighted by Gasteiger charge is -2.10. The molecule has 11 aromatic rings. The highest BCUT2D eigenvalue weighted by atomic mass is 32.1. The predicted molar refractivity (Wildman–Crippen MR) is 193 cm³/mol. The Hall–Kier alpha value is -5.91. The molecule has 0 aliphatic rings. The van der Waals surface area contributed by atoms with Crippen LogP contribution in [-0.4, -0.2) is 14.1 Å². The van der Waals surface area contributed by atoms with Crippen molar-refractivity contribution in [3.8, 4) is 10.8 Å². The van der Waals surface area contributed by atoms with Crippen LogP contribution in [0.1, 0.15) is 0 Å². The van der Waals surface area contributed by atoms with Crippen molar-refractivity contribution in [1.29, 1.82) is 0 Å². The second kappa shape index (κ2) is 8.84. The van der Waals surface area contributed by atoms with E-state index in [4.69, 9.17) is 9.40 Å². The first-order chi connectivity index (χ1) is 22.8. The Morgan fingerprint density at radius 3 is 1.98 bits per heavy atom. The first-order valence-electron chi connectivity index (χ1n) is 15.5. The maximum absolute atomic E-state index is 6.21. The second-order valence-electron chi connectivity index (χ2n) is 12.0. The number of furan rings is 1. The van der Waals surface area contributed by atoms with Crippen molar-refractivity contribution in [3.05, 3.63) is 140 Å². The third kappa shape index (κ3) is 3.19. The molecule has 0 N–H and O–H groups in total. The zero-order valence-electron chi connectivity index (χ0n) is 24.4. The normalized spacial score (nSPS) is 12.3. The van der Waals surface area contributed by atoms with Gasteiger partial charge in [0.25, 0.3) is 0 Å². The lowest BCUT2D eigenvalue weighted by atomic mass is 10.1. The summed E-state index contributed by atoms with van der Waals surface area (Å²) in [4.78, 5) is 5.35. The zero-order chi connectivity index (χ0) is 29.9. The third-order valence-electron chi connectivity index (χ3n) is 9.53. The molecule has 4 aromatic heterocycles. The van der Waals surface area contributed by atoms with Gasteiger partial charge in [-0.3, -0.25) is 4.57 Å². The molecule has 5 heteroatoms. The van der Waals surface area contributed by atoms with E-state index >= 15 is 0 Å². The van der Waals surface area contributed by atoms with Gasteiger partial charge in [0.2, 0.25) is 0 Å². The van der Waals surface area contributed by atoms with Crippen molar-refractivity contribution in [2.45, 2.75) is 0 Å². The van der Waals surface area contributed by atoms with Crippen LogP contribution in [0.25, 0.3) is 97.4 Å². The number of aromatic nitrogens is 3. The molecule has 0 aliphatic carbocycles. The first-order valence-corrected chi connectivity index (χ1v) is 16.3. The number of nitrogens with zero attached hydrogens (tertiary/aromatic N) is 3. The van der Waals surface area contributed by atoms with Crippen LogP contribution in [0.5, 0.6) is 0 Å². The highest BCUT2D eigenvalue weighted by molar-refractivity contribution is 7.21. The number of rotatable bonds is 2. The molecule has 11 rings (SSSR count). The molecule has 0 amide bonds. The van der Waals surface area contributed by atoms with Crippen molar-refractivity contribution in [3.63, 3.8) is 0 Å². The smallest absolute Gasteiger partial charge is 0.195 e. The quantitative estimate of drug-likeness (QED) is 0.196. The van der Waals surface area contributed by atoms with Crippen LogP contribution in [-0.2, 0) is 0 Å². The van der Waals surface area contributed by atoms with Gasteiger partial charge in [0.05, 0.1) is 37.7 Å². The Balaban J connectivity index is 1.23. The molecular weight excluding hydrogens is 583 g/mol. The van der Waals surface area contributed by atoms with Gasteiger partial charge in [0, 0.05) is 32.6 Å². The van der Waals surface area contributed by atoms with E-state index in [1.807, 2.05) is 12.1 Å². The largest absolute Gasteiger partial charge is 0.456 e. The standard InChI is InChI=1S/C41H23N3OS/c1-2-10-25-22-34-31(21-24(25)9-1)28-12-4-6-14-32(28)43(34)26-17-18-29-27-11-3-7-15-33(27)44(35(29)23-26)41-42-40-38(46-41)20-19-37-39(40)30-13-5-8-16-36(30)45-37/h1-23H. The molecule has 46 heavy (non-hydrogen) atoms. The van der Waals surface area contributed by atoms with Crippen LogP contribution < -0.4 is 0 Å². The number of fused-ring (bicyclic) bond motifs is 12. The minimum atomic E-state index is 0.869. The number of para-hydroxylation sites is 3. The molecule has 214 valence electrons. The van der Waals surface area contributed by atoms with Crippen LogP contribution in [0.2, 0.25) is 0 Å². The Kier molecular flexibility index (Phi) is 4.69. The Labute approximate surface area is 265 Å². The number of hydrogen-bond donors (Lipinski definition) is 0. The van der Waals surface area contributed by atoms with E-state index in [-0.39, 0.29) is 0 Å². The maximum Gasteiger partial charge on any atom is 0.195 e. The molecular formula is C41H23N3OS. The van der Waals surface area contributed by atoms with Gasteiger partial charge in [0.15, 0.2) is 5.13 Å². The highest BCUT2D eigenvalue weighted by Crippen LogP contribution is 2.41. The summed E-state index contributed by atoms with van der Waals surface area (Å²) in [5.41, 5.74) is 8.56. The van der Waals surface area contributed by atoms with Crippen LogP contribution in [0.3, 0.4) is 0 Å².